The van der Waals surface area contributed by atoms with Crippen LogP contribution in [0.2, 0.25) is 0 Å². The lowest BCUT2D eigenvalue weighted by atomic mass is 9.70. The third kappa shape index (κ3) is 5.57. The molecule has 10 aromatic carbocycles. The summed E-state index contributed by atoms with van der Waals surface area (Å²) in [6.45, 7) is 0. The number of benzene rings is 10. The second kappa shape index (κ2) is 14.7. The van der Waals surface area contributed by atoms with Crippen LogP contribution >= 0.6 is 0 Å². The molecule has 14 rings (SSSR count). The van der Waals surface area contributed by atoms with Crippen molar-refractivity contribution in [2.45, 2.75) is 5.41 Å². The van der Waals surface area contributed by atoms with Gasteiger partial charge in [-0.05, 0) is 127 Å². The molecule has 12 aromatic rings. The summed E-state index contributed by atoms with van der Waals surface area (Å²) in [5.41, 5.74) is 22.0. The second-order valence-electron chi connectivity index (χ2n) is 18.0. The average molecular weight is 851 g/mol. The average Bonchev–Trinajstić information content (AvgIpc) is 4.10. The Labute approximate surface area is 389 Å². The summed E-state index contributed by atoms with van der Waals surface area (Å²) in [6, 6.07) is 85.0. The number of para-hydroxylation sites is 4. The van der Waals surface area contributed by atoms with Crippen LogP contribution in [-0.4, -0.2) is 9.13 Å². The highest BCUT2D eigenvalue weighted by atomic mass is 15.0. The van der Waals surface area contributed by atoms with Crippen molar-refractivity contribution in [2.24, 2.45) is 0 Å². The maximum atomic E-state index is 2.45. The van der Waals surface area contributed by atoms with Gasteiger partial charge < -0.3 is 9.13 Å². The lowest BCUT2D eigenvalue weighted by Gasteiger charge is -2.30. The molecule has 0 radical (unpaired) electrons. The number of nitrogens with zero attached hydrogens (tertiary/aromatic N) is 2. The number of rotatable bonds is 6. The SMILES string of the molecule is C(=C\c1ccc2c(c1)C1(c3ccccc3-c3ccccc31)c1cc(/C=C/c3ccc(-n4c5ccccc5c5ccccc54)cc3)ccc1-2)/c1ccc(-n2c3ccccc3c3ccccc32)cc1. The van der Waals surface area contributed by atoms with Crippen molar-refractivity contribution in [1.82, 2.24) is 9.13 Å². The Balaban J connectivity index is 0.825. The molecule has 0 saturated heterocycles. The van der Waals surface area contributed by atoms with Crippen LogP contribution < -0.4 is 0 Å². The third-order valence-corrected chi connectivity index (χ3v) is 14.5. The number of hydrogen-bond acceptors (Lipinski definition) is 0. The van der Waals surface area contributed by atoms with Gasteiger partial charge in [0.05, 0.1) is 27.5 Å². The normalized spacial score (nSPS) is 13.4. The van der Waals surface area contributed by atoms with E-state index in [1.807, 2.05) is 0 Å². The van der Waals surface area contributed by atoms with Gasteiger partial charge in [-0.15, -0.1) is 0 Å². The molecular formula is C65H42N2. The topological polar surface area (TPSA) is 9.86 Å². The molecule has 2 heteroatoms. The van der Waals surface area contributed by atoms with Crippen molar-refractivity contribution in [3.8, 4) is 33.6 Å². The molecule has 0 N–H and O–H groups in total. The molecule has 0 amide bonds. The summed E-state index contributed by atoms with van der Waals surface area (Å²) in [6.07, 6.45) is 9.06. The van der Waals surface area contributed by atoms with Gasteiger partial charge in [0.2, 0.25) is 0 Å². The first-order valence-corrected chi connectivity index (χ1v) is 23.2. The first-order valence-electron chi connectivity index (χ1n) is 23.2. The highest BCUT2D eigenvalue weighted by molar-refractivity contribution is 6.10. The molecular weight excluding hydrogens is 809 g/mol. The van der Waals surface area contributed by atoms with E-state index < -0.39 is 5.41 Å². The van der Waals surface area contributed by atoms with Gasteiger partial charge in [0.25, 0.3) is 0 Å². The first-order chi connectivity index (χ1) is 33.2. The van der Waals surface area contributed by atoms with Gasteiger partial charge in [0.1, 0.15) is 0 Å². The van der Waals surface area contributed by atoms with Crippen LogP contribution in [0.3, 0.4) is 0 Å². The summed E-state index contributed by atoms with van der Waals surface area (Å²) in [5, 5.41) is 5.10. The van der Waals surface area contributed by atoms with Crippen LogP contribution in [0.5, 0.6) is 0 Å². The molecule has 2 nitrogen and oxygen atoms in total. The second-order valence-corrected chi connectivity index (χ2v) is 18.0. The van der Waals surface area contributed by atoms with E-state index in [9.17, 15) is 0 Å². The van der Waals surface area contributed by atoms with E-state index in [1.54, 1.807) is 0 Å². The van der Waals surface area contributed by atoms with E-state index in [-0.39, 0.29) is 0 Å². The van der Waals surface area contributed by atoms with Crippen LogP contribution in [0.15, 0.2) is 231 Å². The summed E-state index contributed by atoms with van der Waals surface area (Å²) in [5.74, 6) is 0. The van der Waals surface area contributed by atoms with Crippen molar-refractivity contribution < 1.29 is 0 Å². The van der Waals surface area contributed by atoms with Crippen molar-refractivity contribution >= 4 is 67.9 Å². The quantitative estimate of drug-likeness (QED) is 0.148. The minimum atomic E-state index is -0.445. The van der Waals surface area contributed by atoms with E-state index in [0.29, 0.717) is 0 Å². The van der Waals surface area contributed by atoms with Gasteiger partial charge >= 0.3 is 0 Å². The van der Waals surface area contributed by atoms with Gasteiger partial charge in [-0.1, -0.05) is 194 Å². The van der Waals surface area contributed by atoms with Gasteiger partial charge in [-0.25, -0.2) is 0 Å². The highest BCUT2D eigenvalue weighted by Crippen LogP contribution is 2.63. The Morgan fingerprint density at radius 3 is 0.940 bits per heavy atom. The predicted molar refractivity (Wildman–Crippen MR) is 282 cm³/mol. The first kappa shape index (κ1) is 37.6. The van der Waals surface area contributed by atoms with E-state index in [4.69, 9.17) is 0 Å². The lowest BCUT2D eigenvalue weighted by molar-refractivity contribution is 0.793. The smallest absolute Gasteiger partial charge is 0.0725 e. The third-order valence-electron chi connectivity index (χ3n) is 14.5. The van der Waals surface area contributed by atoms with Crippen LogP contribution in [0.25, 0.3) is 102 Å². The summed E-state index contributed by atoms with van der Waals surface area (Å²) in [4.78, 5) is 0. The number of hydrogen-bond donors (Lipinski definition) is 0. The lowest BCUT2D eigenvalue weighted by Crippen LogP contribution is -2.26. The van der Waals surface area contributed by atoms with Crippen LogP contribution in [0.1, 0.15) is 44.5 Å². The number of aromatic nitrogens is 2. The summed E-state index contributed by atoms with van der Waals surface area (Å²) in [7, 11) is 0. The molecule has 312 valence electrons. The Morgan fingerprint density at radius 1 is 0.254 bits per heavy atom. The molecule has 0 atom stereocenters. The van der Waals surface area contributed by atoms with Crippen LogP contribution in [0, 0.1) is 0 Å². The maximum Gasteiger partial charge on any atom is 0.0725 e. The molecule has 0 unspecified atom stereocenters. The zero-order chi connectivity index (χ0) is 44.1. The van der Waals surface area contributed by atoms with E-state index in [2.05, 4.69) is 264 Å². The van der Waals surface area contributed by atoms with Crippen LogP contribution in [-0.2, 0) is 5.41 Å². The van der Waals surface area contributed by atoms with Gasteiger partial charge in [-0.2, -0.15) is 0 Å². The molecule has 0 bridgehead atoms. The molecule has 2 heterocycles. The maximum absolute atomic E-state index is 2.45. The van der Waals surface area contributed by atoms with Gasteiger partial charge in [-0.3, -0.25) is 0 Å². The van der Waals surface area contributed by atoms with Crippen molar-refractivity contribution in [1.29, 1.82) is 0 Å². The Hall–Kier alpha value is -8.72. The van der Waals surface area contributed by atoms with E-state index in [0.717, 1.165) is 22.5 Å². The zero-order valence-corrected chi connectivity index (χ0v) is 36.6. The minimum Gasteiger partial charge on any atom is -0.309 e. The standard InChI is InChI=1S/C65H42N2/c1-7-19-57-49(13-1)50-14-2-8-20-58(50)65(57)59-41-45(27-25-43-29-35-47(36-30-43)66-61-21-9-3-15-53(61)54-16-4-10-22-62(54)66)33-39-51(59)52-40-34-46(42-60(52)65)28-26-44-31-37-48(38-32-44)67-63-23-11-5-17-55(63)56-18-6-12-24-64(56)67/h1-42H/b27-25+,28-26+. The zero-order valence-electron chi connectivity index (χ0n) is 36.6. The van der Waals surface area contributed by atoms with E-state index in [1.165, 1.54) is 99.2 Å². The Kier molecular flexibility index (Phi) is 8.23. The number of fused-ring (bicyclic) bond motifs is 16. The molecule has 0 saturated carbocycles. The predicted octanol–water partition coefficient (Wildman–Crippen LogP) is 16.6. The van der Waals surface area contributed by atoms with Crippen LogP contribution in [0.4, 0.5) is 0 Å². The fraction of sp³-hybridized carbons (Fsp3) is 0.0154. The minimum absolute atomic E-state index is 0.445. The van der Waals surface area contributed by atoms with Crippen molar-refractivity contribution in [3.05, 3.63) is 275 Å². The van der Waals surface area contributed by atoms with Gasteiger partial charge in [0.15, 0.2) is 0 Å². The molecule has 0 fully saturated rings. The van der Waals surface area contributed by atoms with Crippen molar-refractivity contribution in [3.63, 3.8) is 0 Å². The molecule has 0 aliphatic heterocycles. The fourth-order valence-corrected chi connectivity index (χ4v) is 11.6. The van der Waals surface area contributed by atoms with E-state index >= 15 is 0 Å². The molecule has 1 spiro atoms. The van der Waals surface area contributed by atoms with Gasteiger partial charge in [0, 0.05) is 32.9 Å². The molecule has 2 aliphatic carbocycles. The molecule has 2 aliphatic rings. The summed E-state index contributed by atoms with van der Waals surface area (Å²) >= 11 is 0. The highest BCUT2D eigenvalue weighted by Gasteiger charge is 2.51. The molecule has 67 heavy (non-hydrogen) atoms. The Bertz CT molecular complexity index is 3650. The largest absolute Gasteiger partial charge is 0.309 e. The Morgan fingerprint density at radius 2 is 0.552 bits per heavy atom. The summed E-state index contributed by atoms with van der Waals surface area (Å²) < 4.78 is 4.75. The van der Waals surface area contributed by atoms with Crippen molar-refractivity contribution in [2.75, 3.05) is 0 Å². The monoisotopic (exact) mass is 850 g/mol. The fourth-order valence-electron chi connectivity index (χ4n) is 11.6. The molecule has 2 aromatic heterocycles.